The van der Waals surface area contributed by atoms with Crippen molar-refractivity contribution in [1.29, 1.82) is 5.26 Å². The molecule has 1 aromatic rings. The zero-order valence-electron chi connectivity index (χ0n) is 11.9. The van der Waals surface area contributed by atoms with Gasteiger partial charge in [0.15, 0.2) is 0 Å². The molecule has 0 amide bonds. The molecule has 1 aliphatic heterocycles. The van der Waals surface area contributed by atoms with Gasteiger partial charge < -0.3 is 9.64 Å². The van der Waals surface area contributed by atoms with Crippen molar-refractivity contribution in [3.63, 3.8) is 0 Å². The van der Waals surface area contributed by atoms with Crippen LogP contribution < -0.4 is 0 Å². The number of hydrogen-bond acceptors (Lipinski definition) is 5. The van der Waals surface area contributed by atoms with E-state index in [0.717, 1.165) is 31.7 Å². The summed E-state index contributed by atoms with van der Waals surface area (Å²) in [6, 6.07) is 8.86. The molecular formula is C15H19N3O2. The van der Waals surface area contributed by atoms with Gasteiger partial charge in [0.1, 0.15) is 6.04 Å². The summed E-state index contributed by atoms with van der Waals surface area (Å²) in [6.45, 7) is 3.47. The van der Waals surface area contributed by atoms with E-state index in [1.54, 1.807) is 18.2 Å². The Morgan fingerprint density at radius 1 is 1.35 bits per heavy atom. The summed E-state index contributed by atoms with van der Waals surface area (Å²) in [7, 11) is 3.47. The lowest BCUT2D eigenvalue weighted by Crippen LogP contribution is -2.48. The number of likely N-dealkylation sites (N-methyl/N-ethyl adjacent to an activating group) is 1. The normalized spacial score (nSPS) is 18.2. The molecule has 5 nitrogen and oxygen atoms in total. The summed E-state index contributed by atoms with van der Waals surface area (Å²) in [5, 5.41) is 9.00. The van der Waals surface area contributed by atoms with Gasteiger partial charge >= 0.3 is 5.97 Å². The van der Waals surface area contributed by atoms with Gasteiger partial charge in [-0.25, -0.2) is 4.79 Å². The lowest BCUT2D eigenvalue weighted by molar-refractivity contribution is -0.148. The second kappa shape index (κ2) is 6.51. The summed E-state index contributed by atoms with van der Waals surface area (Å²) >= 11 is 0. The Bertz CT molecular complexity index is 516. The van der Waals surface area contributed by atoms with Crippen molar-refractivity contribution in [2.45, 2.75) is 6.04 Å². The number of piperazine rings is 1. The number of hydrogen-bond donors (Lipinski definition) is 0. The standard InChI is InChI=1S/C15H19N3O2/c1-17-6-8-18(9-7-17)14(15(19)20-2)13-5-3-4-12(10-13)11-16/h3-5,10,14H,6-9H2,1-2H3/t14-/m0/s1. The average molecular weight is 273 g/mol. The number of carbonyl (C=O) groups excluding carboxylic acids is 1. The first-order chi connectivity index (χ1) is 9.65. The molecule has 1 atom stereocenters. The highest BCUT2D eigenvalue weighted by molar-refractivity contribution is 5.77. The SMILES string of the molecule is COC(=O)[C@H](c1cccc(C#N)c1)N1CCN(C)CC1. The quantitative estimate of drug-likeness (QED) is 0.770. The Morgan fingerprint density at radius 2 is 2.05 bits per heavy atom. The Hall–Kier alpha value is -1.90. The van der Waals surface area contributed by atoms with E-state index < -0.39 is 6.04 Å². The van der Waals surface area contributed by atoms with Gasteiger partial charge in [-0.15, -0.1) is 0 Å². The van der Waals surface area contributed by atoms with Crippen LogP contribution in [0.4, 0.5) is 0 Å². The fourth-order valence-corrected chi connectivity index (χ4v) is 2.47. The third-order valence-corrected chi connectivity index (χ3v) is 3.66. The smallest absolute Gasteiger partial charge is 0.327 e. The van der Waals surface area contributed by atoms with Gasteiger partial charge in [0.2, 0.25) is 0 Å². The molecule has 1 aromatic carbocycles. The van der Waals surface area contributed by atoms with E-state index in [-0.39, 0.29) is 5.97 Å². The first-order valence-corrected chi connectivity index (χ1v) is 6.66. The number of nitrogens with zero attached hydrogens (tertiary/aromatic N) is 3. The molecule has 106 valence electrons. The summed E-state index contributed by atoms with van der Waals surface area (Å²) in [4.78, 5) is 16.5. The average Bonchev–Trinajstić information content (AvgIpc) is 2.49. The summed E-state index contributed by atoms with van der Waals surface area (Å²) in [5.41, 5.74) is 1.38. The molecule has 0 bridgehead atoms. The Balaban J connectivity index is 2.27. The van der Waals surface area contributed by atoms with E-state index >= 15 is 0 Å². The molecule has 2 rings (SSSR count). The van der Waals surface area contributed by atoms with Crippen molar-refractivity contribution < 1.29 is 9.53 Å². The van der Waals surface area contributed by atoms with E-state index in [2.05, 4.69) is 22.9 Å². The van der Waals surface area contributed by atoms with E-state index in [1.807, 2.05) is 6.07 Å². The second-order valence-electron chi connectivity index (χ2n) is 5.00. The first-order valence-electron chi connectivity index (χ1n) is 6.66. The molecule has 1 heterocycles. The molecule has 1 fully saturated rings. The predicted molar refractivity (Wildman–Crippen MR) is 75.0 cm³/mol. The van der Waals surface area contributed by atoms with Gasteiger partial charge in [-0.05, 0) is 24.7 Å². The van der Waals surface area contributed by atoms with Crippen LogP contribution in [0.15, 0.2) is 24.3 Å². The highest BCUT2D eigenvalue weighted by Gasteiger charge is 2.30. The molecule has 0 aromatic heterocycles. The van der Waals surface area contributed by atoms with Crippen molar-refractivity contribution in [3.05, 3.63) is 35.4 Å². The molecular weight excluding hydrogens is 254 g/mol. The van der Waals surface area contributed by atoms with E-state index in [0.29, 0.717) is 5.56 Å². The van der Waals surface area contributed by atoms with Gasteiger partial charge in [-0.1, -0.05) is 12.1 Å². The number of methoxy groups -OCH3 is 1. The zero-order chi connectivity index (χ0) is 14.5. The molecule has 0 unspecified atom stereocenters. The third-order valence-electron chi connectivity index (χ3n) is 3.66. The lowest BCUT2D eigenvalue weighted by Gasteiger charge is -2.36. The Morgan fingerprint density at radius 3 is 2.65 bits per heavy atom. The van der Waals surface area contributed by atoms with Crippen LogP contribution >= 0.6 is 0 Å². The lowest BCUT2D eigenvalue weighted by atomic mass is 10.0. The molecule has 1 saturated heterocycles. The fourth-order valence-electron chi connectivity index (χ4n) is 2.47. The van der Waals surface area contributed by atoms with Crippen LogP contribution in [0, 0.1) is 11.3 Å². The minimum Gasteiger partial charge on any atom is -0.468 e. The summed E-state index contributed by atoms with van der Waals surface area (Å²) in [5.74, 6) is -0.273. The molecule has 0 N–H and O–H groups in total. The molecule has 0 aliphatic carbocycles. The van der Waals surface area contributed by atoms with Crippen LogP contribution in [0.3, 0.4) is 0 Å². The summed E-state index contributed by atoms with van der Waals surface area (Å²) in [6.07, 6.45) is 0. The molecule has 1 aliphatic rings. The van der Waals surface area contributed by atoms with Crippen molar-refractivity contribution in [3.8, 4) is 6.07 Å². The third kappa shape index (κ3) is 3.16. The van der Waals surface area contributed by atoms with E-state index in [1.165, 1.54) is 7.11 Å². The van der Waals surface area contributed by atoms with Gasteiger partial charge in [-0.3, -0.25) is 4.90 Å². The number of nitriles is 1. The van der Waals surface area contributed by atoms with Gasteiger partial charge in [0, 0.05) is 26.2 Å². The van der Waals surface area contributed by atoms with Gasteiger partial charge in [0.25, 0.3) is 0 Å². The topological polar surface area (TPSA) is 56.6 Å². The van der Waals surface area contributed by atoms with Gasteiger partial charge in [0.05, 0.1) is 18.7 Å². The highest BCUT2D eigenvalue weighted by Crippen LogP contribution is 2.24. The minimum atomic E-state index is -0.429. The molecule has 20 heavy (non-hydrogen) atoms. The van der Waals surface area contributed by atoms with Crippen molar-refractivity contribution in [2.75, 3.05) is 40.3 Å². The maximum atomic E-state index is 12.1. The number of rotatable bonds is 3. The molecule has 0 spiro atoms. The highest BCUT2D eigenvalue weighted by atomic mass is 16.5. The predicted octanol–water partition coefficient (Wildman–Crippen LogP) is 1.02. The zero-order valence-corrected chi connectivity index (χ0v) is 11.9. The minimum absolute atomic E-state index is 0.273. The second-order valence-corrected chi connectivity index (χ2v) is 5.00. The van der Waals surface area contributed by atoms with Crippen molar-refractivity contribution in [1.82, 2.24) is 9.80 Å². The van der Waals surface area contributed by atoms with Crippen molar-refractivity contribution in [2.24, 2.45) is 0 Å². The van der Waals surface area contributed by atoms with E-state index in [9.17, 15) is 4.79 Å². The van der Waals surface area contributed by atoms with E-state index in [4.69, 9.17) is 10.00 Å². The van der Waals surface area contributed by atoms with Crippen LogP contribution in [-0.2, 0) is 9.53 Å². The number of benzene rings is 1. The van der Waals surface area contributed by atoms with Crippen molar-refractivity contribution >= 4 is 5.97 Å². The Kier molecular flexibility index (Phi) is 4.72. The van der Waals surface area contributed by atoms with Crippen LogP contribution in [0.25, 0.3) is 0 Å². The van der Waals surface area contributed by atoms with Crippen LogP contribution in [0.1, 0.15) is 17.2 Å². The monoisotopic (exact) mass is 273 g/mol. The fraction of sp³-hybridized carbons (Fsp3) is 0.467. The van der Waals surface area contributed by atoms with Gasteiger partial charge in [-0.2, -0.15) is 5.26 Å². The largest absolute Gasteiger partial charge is 0.468 e. The van der Waals surface area contributed by atoms with Crippen LogP contribution in [-0.4, -0.2) is 56.1 Å². The molecule has 0 radical (unpaired) electrons. The Labute approximate surface area is 119 Å². The van der Waals surface area contributed by atoms with Crippen LogP contribution in [0.5, 0.6) is 0 Å². The number of ether oxygens (including phenoxy) is 1. The maximum absolute atomic E-state index is 12.1. The molecule has 0 saturated carbocycles. The maximum Gasteiger partial charge on any atom is 0.327 e. The number of esters is 1. The van der Waals surface area contributed by atoms with Crippen LogP contribution in [0.2, 0.25) is 0 Å². The first kappa shape index (κ1) is 14.5. The number of carbonyl (C=O) groups is 1. The molecule has 5 heteroatoms. The summed E-state index contributed by atoms with van der Waals surface area (Å²) < 4.78 is 4.94.